The minimum Gasteiger partial charge on any atom is -0.354 e. The van der Waals surface area contributed by atoms with Crippen LogP contribution in [0.4, 0.5) is 0 Å². The third kappa shape index (κ3) is 3.61. The van der Waals surface area contributed by atoms with E-state index in [0.29, 0.717) is 13.0 Å². The monoisotopic (exact) mass is 115 g/mol. The molecule has 0 saturated heterocycles. The van der Waals surface area contributed by atoms with Crippen LogP contribution in [-0.4, -0.2) is 12.5 Å². The second kappa shape index (κ2) is 4.59. The third-order valence-electron chi connectivity index (χ3n) is 0.805. The van der Waals surface area contributed by atoms with Crippen LogP contribution in [0, 0.1) is 7.05 Å². The Balaban J connectivity index is 2.99. The van der Waals surface area contributed by atoms with Crippen LogP contribution in [0.2, 0.25) is 0 Å². The van der Waals surface area contributed by atoms with Gasteiger partial charge in [-0.1, -0.05) is 0 Å². The highest BCUT2D eigenvalue weighted by molar-refractivity contribution is 5.75. The van der Waals surface area contributed by atoms with Gasteiger partial charge in [0.15, 0.2) is 0 Å². The van der Waals surface area contributed by atoms with E-state index in [0.717, 1.165) is 6.42 Å². The summed E-state index contributed by atoms with van der Waals surface area (Å²) in [4.78, 5) is 10.3. The van der Waals surface area contributed by atoms with E-state index in [1.165, 1.54) is 0 Å². The zero-order valence-corrected chi connectivity index (χ0v) is 4.81. The lowest BCUT2D eigenvalue weighted by Gasteiger charge is -1.93. The average molecular weight is 115 g/mol. The van der Waals surface area contributed by atoms with E-state index in [2.05, 4.69) is 12.4 Å². The Bertz CT molecular complexity index is 72.8. The Labute approximate surface area is 49.3 Å². The number of carbonyl (C=O) groups excluding carboxylic acids is 1. The van der Waals surface area contributed by atoms with Gasteiger partial charge in [-0.3, -0.25) is 4.79 Å². The molecule has 1 amide bonds. The fraction of sp³-hybridized carbons (Fsp3) is 0.600. The smallest absolute Gasteiger partial charge is 0.220 e. The highest BCUT2D eigenvalue weighted by Gasteiger charge is 1.92. The Hall–Kier alpha value is -0.570. The van der Waals surface area contributed by atoms with Gasteiger partial charge in [0, 0.05) is 13.5 Å². The first-order valence-electron chi connectivity index (χ1n) is 2.57. The van der Waals surface area contributed by atoms with Crippen LogP contribution in [0.3, 0.4) is 0 Å². The molecule has 0 aliphatic carbocycles. The normalized spacial score (nSPS) is 8.75. The van der Waals surface area contributed by atoms with Gasteiger partial charge >= 0.3 is 0 Å². The number of carbonyl (C=O) groups is 1. The molecule has 3 nitrogen and oxygen atoms in total. The molecule has 0 bridgehead atoms. The van der Waals surface area contributed by atoms with Crippen molar-refractivity contribution in [2.75, 3.05) is 6.54 Å². The van der Waals surface area contributed by atoms with E-state index in [9.17, 15) is 4.79 Å². The van der Waals surface area contributed by atoms with Gasteiger partial charge in [-0.2, -0.15) is 0 Å². The van der Waals surface area contributed by atoms with Crippen LogP contribution in [0.15, 0.2) is 0 Å². The Kier molecular flexibility index (Phi) is 4.26. The molecule has 0 aromatic heterocycles. The molecular weight excluding hydrogens is 104 g/mol. The highest BCUT2D eigenvalue weighted by Crippen LogP contribution is 1.82. The standard InChI is InChI=1S/C5H11N2O/c1-7-5(8)3-2-4-6/h1-4,6H2,(H,7,8). The number of nitrogens with two attached hydrogens (primary N) is 1. The summed E-state index contributed by atoms with van der Waals surface area (Å²) in [5.41, 5.74) is 5.13. The Morgan fingerprint density at radius 1 is 1.75 bits per heavy atom. The fourth-order valence-corrected chi connectivity index (χ4v) is 0.351. The van der Waals surface area contributed by atoms with Crippen molar-refractivity contribution < 1.29 is 4.79 Å². The maximum Gasteiger partial charge on any atom is 0.220 e. The van der Waals surface area contributed by atoms with E-state index >= 15 is 0 Å². The van der Waals surface area contributed by atoms with Crippen LogP contribution in [0.1, 0.15) is 12.8 Å². The lowest BCUT2D eigenvalue weighted by Crippen LogP contribution is -2.16. The predicted octanol–water partition coefficient (Wildman–Crippen LogP) is -0.367. The average Bonchev–Trinajstić information content (AvgIpc) is 1.83. The molecule has 0 atom stereocenters. The molecule has 0 spiro atoms. The summed E-state index contributed by atoms with van der Waals surface area (Å²) >= 11 is 0. The minimum absolute atomic E-state index is 0.0459. The number of hydrogen-bond acceptors (Lipinski definition) is 2. The Morgan fingerprint density at radius 2 is 2.38 bits per heavy atom. The van der Waals surface area contributed by atoms with Crippen LogP contribution in [0.5, 0.6) is 0 Å². The third-order valence-corrected chi connectivity index (χ3v) is 0.805. The SMILES string of the molecule is [CH2]NC(=O)CCCN. The van der Waals surface area contributed by atoms with Crippen LogP contribution >= 0.6 is 0 Å². The molecule has 0 fully saturated rings. The summed E-state index contributed by atoms with van der Waals surface area (Å²) in [7, 11) is 3.20. The summed E-state index contributed by atoms with van der Waals surface area (Å²) in [6.45, 7) is 0.563. The molecule has 0 saturated carbocycles. The molecule has 1 radical (unpaired) electrons. The Morgan fingerprint density at radius 3 is 2.75 bits per heavy atom. The van der Waals surface area contributed by atoms with Gasteiger partial charge in [0.2, 0.25) is 5.91 Å². The summed E-state index contributed by atoms with van der Waals surface area (Å²) in [6.07, 6.45) is 1.22. The largest absolute Gasteiger partial charge is 0.354 e. The predicted molar refractivity (Wildman–Crippen MR) is 31.8 cm³/mol. The van der Waals surface area contributed by atoms with Gasteiger partial charge in [0.05, 0.1) is 0 Å². The molecule has 47 valence electrons. The molecule has 0 aliphatic rings. The zero-order valence-electron chi connectivity index (χ0n) is 4.81. The summed E-state index contributed by atoms with van der Waals surface area (Å²) in [5.74, 6) is -0.0459. The lowest BCUT2D eigenvalue weighted by atomic mass is 10.3. The van der Waals surface area contributed by atoms with Crippen molar-refractivity contribution in [2.24, 2.45) is 5.73 Å². The van der Waals surface area contributed by atoms with Crippen LogP contribution in [0.25, 0.3) is 0 Å². The maximum absolute atomic E-state index is 10.3. The van der Waals surface area contributed by atoms with E-state index in [4.69, 9.17) is 5.73 Å². The van der Waals surface area contributed by atoms with Crippen molar-refractivity contribution in [3.63, 3.8) is 0 Å². The van der Waals surface area contributed by atoms with Gasteiger partial charge < -0.3 is 11.1 Å². The molecule has 0 aromatic rings. The van der Waals surface area contributed by atoms with Gasteiger partial charge in [-0.05, 0) is 13.0 Å². The highest BCUT2D eigenvalue weighted by atomic mass is 16.1. The molecule has 0 unspecified atom stereocenters. The lowest BCUT2D eigenvalue weighted by molar-refractivity contribution is -0.120. The maximum atomic E-state index is 10.3. The van der Waals surface area contributed by atoms with Crippen LogP contribution in [-0.2, 0) is 4.79 Å². The zero-order chi connectivity index (χ0) is 6.41. The van der Waals surface area contributed by atoms with E-state index in [1.54, 1.807) is 0 Å². The van der Waals surface area contributed by atoms with E-state index in [1.807, 2.05) is 0 Å². The molecule has 0 rings (SSSR count). The van der Waals surface area contributed by atoms with Crippen molar-refractivity contribution in [1.82, 2.24) is 5.32 Å². The van der Waals surface area contributed by atoms with Gasteiger partial charge in [0.25, 0.3) is 0 Å². The second-order valence-electron chi connectivity index (χ2n) is 1.49. The minimum atomic E-state index is -0.0459. The first-order chi connectivity index (χ1) is 3.81. The second-order valence-corrected chi connectivity index (χ2v) is 1.49. The summed E-state index contributed by atoms with van der Waals surface area (Å²) < 4.78 is 0. The fourth-order valence-electron chi connectivity index (χ4n) is 0.351. The quantitative estimate of drug-likeness (QED) is 0.527. The van der Waals surface area contributed by atoms with E-state index < -0.39 is 0 Å². The first kappa shape index (κ1) is 7.43. The first-order valence-corrected chi connectivity index (χ1v) is 2.57. The molecule has 8 heavy (non-hydrogen) atoms. The number of nitrogens with one attached hydrogen (secondary N) is 1. The molecule has 0 aromatic carbocycles. The topological polar surface area (TPSA) is 55.1 Å². The molecule has 3 heteroatoms. The van der Waals surface area contributed by atoms with Gasteiger partial charge in [0.1, 0.15) is 0 Å². The van der Waals surface area contributed by atoms with Gasteiger partial charge in [-0.25, -0.2) is 0 Å². The molecule has 0 heterocycles. The number of amides is 1. The van der Waals surface area contributed by atoms with E-state index in [-0.39, 0.29) is 5.91 Å². The molecule has 3 N–H and O–H groups in total. The molecule has 0 aliphatic heterocycles. The van der Waals surface area contributed by atoms with Crippen molar-refractivity contribution in [3.8, 4) is 0 Å². The van der Waals surface area contributed by atoms with Crippen LogP contribution < -0.4 is 11.1 Å². The van der Waals surface area contributed by atoms with Crippen molar-refractivity contribution in [3.05, 3.63) is 7.05 Å². The van der Waals surface area contributed by atoms with Crippen molar-refractivity contribution in [1.29, 1.82) is 0 Å². The summed E-state index contributed by atoms with van der Waals surface area (Å²) in [6, 6.07) is 0. The van der Waals surface area contributed by atoms with Gasteiger partial charge in [-0.15, -0.1) is 0 Å². The van der Waals surface area contributed by atoms with Crippen molar-refractivity contribution in [2.45, 2.75) is 12.8 Å². The summed E-state index contributed by atoms with van der Waals surface area (Å²) in [5, 5.41) is 2.26. The number of hydrogen-bond donors (Lipinski definition) is 2. The number of rotatable bonds is 3. The molecular formula is C5H11N2O. The van der Waals surface area contributed by atoms with Crippen molar-refractivity contribution >= 4 is 5.91 Å².